The van der Waals surface area contributed by atoms with Crippen molar-refractivity contribution in [1.82, 2.24) is 25.1 Å². The predicted octanol–water partition coefficient (Wildman–Crippen LogP) is 2.68. The number of carbonyl (C=O) groups excluding carboxylic acids is 1. The highest BCUT2D eigenvalue weighted by Gasteiger charge is 2.38. The van der Waals surface area contributed by atoms with Crippen LogP contribution in [-0.2, 0) is 19.6 Å². The van der Waals surface area contributed by atoms with Gasteiger partial charge in [-0.15, -0.1) is 0 Å². The number of para-hydroxylation sites is 2. The average molecular weight is 351 g/mol. The molecule has 0 aliphatic rings. The number of halogens is 3. The summed E-state index contributed by atoms with van der Waals surface area (Å²) < 4.78 is 39.6. The highest BCUT2D eigenvalue weighted by atomic mass is 19.4. The van der Waals surface area contributed by atoms with Gasteiger partial charge in [0.1, 0.15) is 5.82 Å². The third kappa shape index (κ3) is 3.81. The van der Waals surface area contributed by atoms with E-state index in [0.29, 0.717) is 12.8 Å². The molecule has 6 nitrogen and oxygen atoms in total. The second-order valence-corrected chi connectivity index (χ2v) is 5.62. The van der Waals surface area contributed by atoms with Crippen molar-refractivity contribution in [2.75, 3.05) is 6.54 Å². The number of benzene rings is 1. The zero-order chi connectivity index (χ0) is 18.0. The van der Waals surface area contributed by atoms with Crippen LogP contribution in [0, 0.1) is 0 Å². The highest BCUT2D eigenvalue weighted by molar-refractivity contribution is 5.95. The number of nitrogens with one attached hydrogen (secondary N) is 2. The molecule has 25 heavy (non-hydrogen) atoms. The Morgan fingerprint density at radius 1 is 1.32 bits per heavy atom. The molecule has 0 aliphatic carbocycles. The van der Waals surface area contributed by atoms with Gasteiger partial charge in [0.05, 0.1) is 16.6 Å². The highest BCUT2D eigenvalue weighted by Crippen LogP contribution is 2.30. The number of hydrogen-bond donors (Lipinski definition) is 2. The van der Waals surface area contributed by atoms with E-state index in [2.05, 4.69) is 20.4 Å². The van der Waals surface area contributed by atoms with Gasteiger partial charge in [-0.25, -0.2) is 4.98 Å². The zero-order valence-electron chi connectivity index (χ0n) is 13.4. The van der Waals surface area contributed by atoms with Crippen molar-refractivity contribution in [1.29, 1.82) is 0 Å². The molecule has 1 aromatic carbocycles. The van der Waals surface area contributed by atoms with E-state index in [0.717, 1.165) is 27.7 Å². The van der Waals surface area contributed by atoms with Crippen LogP contribution in [0.25, 0.3) is 11.0 Å². The van der Waals surface area contributed by atoms with Crippen LogP contribution in [-0.4, -0.2) is 32.2 Å². The van der Waals surface area contributed by atoms with Crippen LogP contribution in [0.1, 0.15) is 28.3 Å². The maximum Gasteiger partial charge on any atom is 0.435 e. The summed E-state index contributed by atoms with van der Waals surface area (Å²) >= 11 is 0. The van der Waals surface area contributed by atoms with Crippen LogP contribution in [0.3, 0.4) is 0 Å². The van der Waals surface area contributed by atoms with Crippen molar-refractivity contribution < 1.29 is 18.0 Å². The van der Waals surface area contributed by atoms with Crippen molar-refractivity contribution in [2.45, 2.75) is 19.0 Å². The van der Waals surface area contributed by atoms with E-state index in [1.165, 1.54) is 7.05 Å². The Balaban J connectivity index is 1.56. The molecule has 132 valence electrons. The van der Waals surface area contributed by atoms with Crippen LogP contribution in [0.5, 0.6) is 0 Å². The fourth-order valence-electron chi connectivity index (χ4n) is 2.54. The lowest BCUT2D eigenvalue weighted by Gasteiger charge is -2.07. The number of carbonyl (C=O) groups is 1. The minimum absolute atomic E-state index is 0.238. The number of alkyl halides is 3. The Labute approximate surface area is 141 Å². The van der Waals surface area contributed by atoms with E-state index in [-0.39, 0.29) is 6.54 Å². The van der Waals surface area contributed by atoms with Gasteiger partial charge in [0.2, 0.25) is 0 Å². The quantitative estimate of drug-likeness (QED) is 0.694. The molecule has 3 aromatic rings. The van der Waals surface area contributed by atoms with Gasteiger partial charge in [-0.05, 0) is 18.6 Å². The lowest BCUT2D eigenvalue weighted by atomic mass is 10.2. The molecule has 0 unspecified atom stereocenters. The lowest BCUT2D eigenvalue weighted by molar-refractivity contribution is -0.141. The molecule has 0 saturated heterocycles. The molecule has 0 aliphatic heterocycles. The van der Waals surface area contributed by atoms with E-state index in [4.69, 9.17) is 0 Å². The van der Waals surface area contributed by atoms with Crippen molar-refractivity contribution in [2.24, 2.45) is 7.05 Å². The minimum atomic E-state index is -4.66. The third-order valence-corrected chi connectivity index (χ3v) is 3.66. The van der Waals surface area contributed by atoms with Crippen LogP contribution in [0.4, 0.5) is 13.2 Å². The number of imidazole rings is 1. The Morgan fingerprint density at radius 2 is 2.08 bits per heavy atom. The van der Waals surface area contributed by atoms with Crippen LogP contribution >= 0.6 is 0 Å². The average Bonchev–Trinajstić information content (AvgIpc) is 3.14. The maximum absolute atomic E-state index is 12.9. The number of fused-ring (bicyclic) bond motifs is 1. The summed E-state index contributed by atoms with van der Waals surface area (Å²) in [6.07, 6.45) is -2.47. The summed E-state index contributed by atoms with van der Waals surface area (Å²) in [7, 11) is 1.34. The molecule has 0 bridgehead atoms. The van der Waals surface area contributed by atoms with E-state index in [1.807, 2.05) is 24.3 Å². The van der Waals surface area contributed by atoms with E-state index >= 15 is 0 Å². The van der Waals surface area contributed by atoms with Crippen LogP contribution < -0.4 is 5.32 Å². The van der Waals surface area contributed by atoms with Gasteiger partial charge in [-0.3, -0.25) is 9.48 Å². The number of nitrogens with zero attached hydrogens (tertiary/aromatic N) is 3. The molecular weight excluding hydrogens is 335 g/mol. The number of amides is 1. The topological polar surface area (TPSA) is 75.6 Å². The van der Waals surface area contributed by atoms with Crippen LogP contribution in [0.15, 0.2) is 30.5 Å². The summed E-state index contributed by atoms with van der Waals surface area (Å²) in [5.74, 6) is -0.0159. The van der Waals surface area contributed by atoms with E-state index < -0.39 is 23.3 Å². The van der Waals surface area contributed by atoms with Crippen LogP contribution in [0.2, 0.25) is 0 Å². The van der Waals surface area contributed by atoms with Gasteiger partial charge in [-0.1, -0.05) is 12.1 Å². The molecule has 0 fully saturated rings. The second-order valence-electron chi connectivity index (χ2n) is 5.62. The standard InChI is InChI=1S/C16H16F3N5O/c1-24-9-10(14(23-24)16(17,18)19)15(25)20-8-4-7-13-21-11-5-2-3-6-12(11)22-13/h2-3,5-6,9H,4,7-8H2,1H3,(H,20,25)(H,21,22). The molecule has 0 atom stereocenters. The molecule has 1 amide bonds. The summed E-state index contributed by atoms with van der Waals surface area (Å²) in [5.41, 5.74) is 0.127. The van der Waals surface area contributed by atoms with Gasteiger partial charge < -0.3 is 10.3 Å². The number of rotatable bonds is 5. The first kappa shape index (κ1) is 17.0. The summed E-state index contributed by atoms with van der Waals surface area (Å²) in [4.78, 5) is 19.6. The number of hydrogen-bond acceptors (Lipinski definition) is 3. The second kappa shape index (κ2) is 6.58. The van der Waals surface area contributed by atoms with Gasteiger partial charge >= 0.3 is 6.18 Å². The van der Waals surface area contributed by atoms with Gasteiger partial charge in [-0.2, -0.15) is 18.3 Å². The molecule has 0 spiro atoms. The molecule has 2 aromatic heterocycles. The van der Waals surface area contributed by atoms with Crippen molar-refractivity contribution in [3.8, 4) is 0 Å². The minimum Gasteiger partial charge on any atom is -0.352 e. The van der Waals surface area contributed by atoms with Gasteiger partial charge in [0.15, 0.2) is 5.69 Å². The first-order valence-electron chi connectivity index (χ1n) is 7.67. The lowest BCUT2D eigenvalue weighted by Crippen LogP contribution is -2.27. The number of aryl methyl sites for hydroxylation is 2. The van der Waals surface area contributed by atoms with Crippen molar-refractivity contribution >= 4 is 16.9 Å². The fraction of sp³-hybridized carbons (Fsp3) is 0.312. The normalized spacial score (nSPS) is 11.8. The predicted molar refractivity (Wildman–Crippen MR) is 85.0 cm³/mol. The maximum atomic E-state index is 12.9. The summed E-state index contributed by atoms with van der Waals surface area (Å²) in [5, 5.41) is 5.81. The van der Waals surface area contributed by atoms with Crippen molar-refractivity contribution in [3.05, 3.63) is 47.5 Å². The molecule has 0 radical (unpaired) electrons. The number of aromatic amines is 1. The van der Waals surface area contributed by atoms with Gasteiger partial charge in [0, 0.05) is 26.2 Å². The van der Waals surface area contributed by atoms with Crippen molar-refractivity contribution in [3.63, 3.8) is 0 Å². The zero-order valence-corrected chi connectivity index (χ0v) is 13.4. The Morgan fingerprint density at radius 3 is 2.80 bits per heavy atom. The smallest absolute Gasteiger partial charge is 0.352 e. The Kier molecular flexibility index (Phi) is 4.47. The third-order valence-electron chi connectivity index (χ3n) is 3.66. The molecular formula is C16H16F3N5O. The summed E-state index contributed by atoms with van der Waals surface area (Å²) in [6.45, 7) is 0.238. The van der Waals surface area contributed by atoms with Gasteiger partial charge in [0.25, 0.3) is 5.91 Å². The molecule has 2 N–H and O–H groups in total. The largest absolute Gasteiger partial charge is 0.435 e. The molecule has 9 heteroatoms. The molecule has 3 rings (SSSR count). The monoisotopic (exact) mass is 351 g/mol. The summed E-state index contributed by atoms with van der Waals surface area (Å²) in [6, 6.07) is 7.59. The Bertz CT molecular complexity index is 864. The molecule has 0 saturated carbocycles. The SMILES string of the molecule is Cn1cc(C(=O)NCCCc2nc3ccccc3[nH]2)c(C(F)(F)F)n1. The van der Waals surface area contributed by atoms with E-state index in [1.54, 1.807) is 0 Å². The number of aromatic nitrogens is 4. The fourth-order valence-corrected chi connectivity index (χ4v) is 2.54. The Hall–Kier alpha value is -2.84. The molecule has 2 heterocycles. The number of H-pyrrole nitrogens is 1. The van der Waals surface area contributed by atoms with E-state index in [9.17, 15) is 18.0 Å². The first-order chi connectivity index (χ1) is 11.8. The first-order valence-corrected chi connectivity index (χ1v) is 7.67.